The summed E-state index contributed by atoms with van der Waals surface area (Å²) in [4.78, 5) is 11.5. The van der Waals surface area contributed by atoms with Crippen molar-refractivity contribution < 1.29 is 23.0 Å². The summed E-state index contributed by atoms with van der Waals surface area (Å²) >= 11 is 0. The summed E-state index contributed by atoms with van der Waals surface area (Å²) in [5.41, 5.74) is -0.690. The van der Waals surface area contributed by atoms with E-state index < -0.39 is 18.0 Å². The first-order chi connectivity index (χ1) is 8.54. The molecule has 1 aromatic rings. The monoisotopic (exact) mass is 255 g/mol. The van der Waals surface area contributed by atoms with E-state index in [-0.39, 0.29) is 23.5 Å². The van der Waals surface area contributed by atoms with Gasteiger partial charge < -0.3 is 9.47 Å². The SMILES string of the molecule is CCOC(=O)c1cc(C(F)F)c(OC)cc1C#N. The van der Waals surface area contributed by atoms with Crippen molar-refractivity contribution in [3.05, 3.63) is 28.8 Å². The van der Waals surface area contributed by atoms with Crippen LogP contribution in [-0.2, 0) is 4.74 Å². The van der Waals surface area contributed by atoms with Crippen molar-refractivity contribution in [3.63, 3.8) is 0 Å². The maximum Gasteiger partial charge on any atom is 0.339 e. The van der Waals surface area contributed by atoms with Crippen molar-refractivity contribution in [2.45, 2.75) is 13.3 Å². The second kappa shape index (κ2) is 5.96. The van der Waals surface area contributed by atoms with Gasteiger partial charge in [-0.1, -0.05) is 0 Å². The first kappa shape index (κ1) is 13.9. The Bertz CT molecular complexity index is 495. The number of hydrogen-bond donors (Lipinski definition) is 0. The van der Waals surface area contributed by atoms with E-state index in [0.29, 0.717) is 0 Å². The van der Waals surface area contributed by atoms with E-state index in [1.54, 1.807) is 13.0 Å². The second-order valence-corrected chi connectivity index (χ2v) is 3.27. The fraction of sp³-hybridized carbons (Fsp3) is 0.333. The highest BCUT2D eigenvalue weighted by molar-refractivity contribution is 5.92. The minimum absolute atomic E-state index is 0.0605. The van der Waals surface area contributed by atoms with Crippen LogP contribution in [-0.4, -0.2) is 19.7 Å². The molecule has 0 spiro atoms. The standard InChI is InChI=1S/C12H11F2NO3/c1-3-18-12(16)8-5-9(11(13)14)10(17-2)4-7(8)6-15/h4-5,11H,3H2,1-2H3. The van der Waals surface area contributed by atoms with Crippen LogP contribution in [0.3, 0.4) is 0 Å². The van der Waals surface area contributed by atoms with Gasteiger partial charge in [-0.05, 0) is 19.1 Å². The molecule has 0 heterocycles. The molecule has 6 heteroatoms. The Morgan fingerprint density at radius 1 is 1.50 bits per heavy atom. The number of benzene rings is 1. The van der Waals surface area contributed by atoms with Crippen LogP contribution >= 0.6 is 0 Å². The lowest BCUT2D eigenvalue weighted by Gasteiger charge is -2.11. The van der Waals surface area contributed by atoms with Gasteiger partial charge in [0.2, 0.25) is 0 Å². The highest BCUT2D eigenvalue weighted by atomic mass is 19.3. The fourth-order valence-corrected chi connectivity index (χ4v) is 1.41. The van der Waals surface area contributed by atoms with Crippen molar-refractivity contribution >= 4 is 5.97 Å². The smallest absolute Gasteiger partial charge is 0.339 e. The van der Waals surface area contributed by atoms with Crippen LogP contribution < -0.4 is 4.74 Å². The average molecular weight is 255 g/mol. The van der Waals surface area contributed by atoms with Gasteiger partial charge in [-0.25, -0.2) is 13.6 Å². The maximum atomic E-state index is 12.8. The predicted octanol–water partition coefficient (Wildman–Crippen LogP) is 2.68. The van der Waals surface area contributed by atoms with Gasteiger partial charge >= 0.3 is 5.97 Å². The topological polar surface area (TPSA) is 59.3 Å². The number of alkyl halides is 2. The van der Waals surface area contributed by atoms with Crippen LogP contribution in [0, 0.1) is 11.3 Å². The van der Waals surface area contributed by atoms with Crippen LogP contribution in [0.4, 0.5) is 8.78 Å². The molecule has 18 heavy (non-hydrogen) atoms. The maximum absolute atomic E-state index is 12.8. The highest BCUT2D eigenvalue weighted by Gasteiger charge is 2.21. The van der Waals surface area contributed by atoms with Crippen LogP contribution in [0.1, 0.15) is 34.8 Å². The molecule has 0 aromatic heterocycles. The first-order valence-electron chi connectivity index (χ1n) is 5.12. The molecule has 0 radical (unpaired) electrons. The molecule has 96 valence electrons. The number of methoxy groups -OCH3 is 1. The average Bonchev–Trinajstić information content (AvgIpc) is 2.37. The summed E-state index contributed by atoms with van der Waals surface area (Å²) in [6.45, 7) is 1.68. The Morgan fingerprint density at radius 2 is 2.17 bits per heavy atom. The Hall–Kier alpha value is -2.16. The van der Waals surface area contributed by atoms with Gasteiger partial charge in [-0.15, -0.1) is 0 Å². The minimum atomic E-state index is -2.80. The molecule has 0 saturated carbocycles. The van der Waals surface area contributed by atoms with Crippen molar-refractivity contribution in [2.75, 3.05) is 13.7 Å². The Kier molecular flexibility index (Phi) is 4.60. The van der Waals surface area contributed by atoms with Gasteiger partial charge in [0.25, 0.3) is 6.43 Å². The molecular formula is C12H11F2NO3. The van der Waals surface area contributed by atoms with Crippen LogP contribution in [0.25, 0.3) is 0 Å². The molecule has 0 saturated heterocycles. The summed E-state index contributed by atoms with van der Waals surface area (Å²) in [6.07, 6.45) is -2.80. The van der Waals surface area contributed by atoms with E-state index in [9.17, 15) is 13.6 Å². The number of hydrogen-bond acceptors (Lipinski definition) is 4. The molecule has 0 bridgehead atoms. The molecule has 0 aliphatic carbocycles. The number of nitriles is 1. The molecule has 0 unspecified atom stereocenters. The zero-order valence-corrected chi connectivity index (χ0v) is 9.87. The molecule has 1 aromatic carbocycles. The number of carbonyl (C=O) groups excluding carboxylic acids is 1. The number of esters is 1. The number of halogens is 2. The lowest BCUT2D eigenvalue weighted by Crippen LogP contribution is -2.09. The third-order valence-corrected chi connectivity index (χ3v) is 2.22. The normalized spacial score (nSPS) is 10.0. The molecule has 0 N–H and O–H groups in total. The van der Waals surface area contributed by atoms with Gasteiger partial charge in [-0.2, -0.15) is 5.26 Å². The Morgan fingerprint density at radius 3 is 2.61 bits per heavy atom. The molecule has 0 amide bonds. The van der Waals surface area contributed by atoms with E-state index >= 15 is 0 Å². The van der Waals surface area contributed by atoms with Crippen molar-refractivity contribution in [1.82, 2.24) is 0 Å². The van der Waals surface area contributed by atoms with Gasteiger partial charge in [0.05, 0.1) is 30.4 Å². The minimum Gasteiger partial charge on any atom is -0.496 e. The number of nitrogens with zero attached hydrogens (tertiary/aromatic N) is 1. The number of rotatable bonds is 4. The Balaban J connectivity index is 3.37. The van der Waals surface area contributed by atoms with E-state index in [0.717, 1.165) is 12.1 Å². The summed E-state index contributed by atoms with van der Waals surface area (Å²) < 4.78 is 35.0. The molecule has 0 fully saturated rings. The zero-order chi connectivity index (χ0) is 13.7. The third kappa shape index (κ3) is 2.74. The predicted molar refractivity (Wildman–Crippen MR) is 58.6 cm³/mol. The summed E-state index contributed by atoms with van der Waals surface area (Å²) in [7, 11) is 1.21. The van der Waals surface area contributed by atoms with Crippen molar-refractivity contribution in [1.29, 1.82) is 5.26 Å². The lowest BCUT2D eigenvalue weighted by molar-refractivity contribution is 0.0525. The third-order valence-electron chi connectivity index (χ3n) is 2.22. The van der Waals surface area contributed by atoms with E-state index in [1.807, 2.05) is 0 Å². The molecule has 0 aliphatic heterocycles. The van der Waals surface area contributed by atoms with Gasteiger partial charge in [0.1, 0.15) is 11.8 Å². The van der Waals surface area contributed by atoms with Gasteiger partial charge in [0, 0.05) is 0 Å². The van der Waals surface area contributed by atoms with E-state index in [1.165, 1.54) is 7.11 Å². The van der Waals surface area contributed by atoms with E-state index in [4.69, 9.17) is 14.7 Å². The van der Waals surface area contributed by atoms with Gasteiger partial charge in [-0.3, -0.25) is 0 Å². The molecular weight excluding hydrogens is 244 g/mol. The first-order valence-corrected chi connectivity index (χ1v) is 5.12. The molecule has 1 rings (SSSR count). The number of carbonyl (C=O) groups is 1. The molecule has 0 atom stereocenters. The fourth-order valence-electron chi connectivity index (χ4n) is 1.41. The summed E-state index contributed by atoms with van der Waals surface area (Å²) in [5, 5.41) is 8.88. The summed E-state index contributed by atoms with van der Waals surface area (Å²) in [6, 6.07) is 3.79. The van der Waals surface area contributed by atoms with Crippen molar-refractivity contribution in [2.24, 2.45) is 0 Å². The van der Waals surface area contributed by atoms with Crippen LogP contribution in [0.2, 0.25) is 0 Å². The Labute approximate surface area is 103 Å². The lowest BCUT2D eigenvalue weighted by atomic mass is 10.0. The number of ether oxygens (including phenoxy) is 2. The van der Waals surface area contributed by atoms with Crippen molar-refractivity contribution in [3.8, 4) is 11.8 Å². The molecule has 4 nitrogen and oxygen atoms in total. The van der Waals surface area contributed by atoms with E-state index in [2.05, 4.69) is 0 Å². The van der Waals surface area contributed by atoms with Crippen LogP contribution in [0.5, 0.6) is 5.75 Å². The van der Waals surface area contributed by atoms with Gasteiger partial charge in [0.15, 0.2) is 0 Å². The quantitative estimate of drug-likeness (QED) is 0.776. The zero-order valence-electron chi connectivity index (χ0n) is 9.87. The second-order valence-electron chi connectivity index (χ2n) is 3.27. The highest BCUT2D eigenvalue weighted by Crippen LogP contribution is 2.31. The summed E-state index contributed by atoms with van der Waals surface area (Å²) in [5.74, 6) is -0.937. The largest absolute Gasteiger partial charge is 0.496 e. The van der Waals surface area contributed by atoms with Crippen LogP contribution in [0.15, 0.2) is 12.1 Å². The molecule has 0 aliphatic rings.